The first-order valence-electron chi connectivity index (χ1n) is 7.15. The van der Waals surface area contributed by atoms with Crippen LogP contribution in [0.4, 0.5) is 0 Å². The molecule has 0 unspecified atom stereocenters. The molecule has 1 aromatic heterocycles. The van der Waals surface area contributed by atoms with Gasteiger partial charge in [-0.3, -0.25) is 5.10 Å². The van der Waals surface area contributed by atoms with Crippen molar-refractivity contribution in [1.82, 2.24) is 20.2 Å². The molecule has 1 rings (SSSR count). The molecule has 0 atom stereocenters. The van der Waals surface area contributed by atoms with E-state index in [0.717, 1.165) is 19.3 Å². The van der Waals surface area contributed by atoms with E-state index in [0.29, 0.717) is 24.5 Å². The van der Waals surface area contributed by atoms with E-state index in [-0.39, 0.29) is 10.9 Å². The fourth-order valence-electron chi connectivity index (χ4n) is 1.90. The van der Waals surface area contributed by atoms with E-state index in [1.165, 1.54) is 0 Å². The van der Waals surface area contributed by atoms with Crippen LogP contribution in [-0.2, 0) is 16.6 Å². The van der Waals surface area contributed by atoms with Crippen LogP contribution in [0.1, 0.15) is 51.4 Å². The van der Waals surface area contributed by atoms with E-state index in [2.05, 4.69) is 27.2 Å². The van der Waals surface area contributed by atoms with Crippen molar-refractivity contribution in [2.45, 2.75) is 64.4 Å². The summed E-state index contributed by atoms with van der Waals surface area (Å²) in [4.78, 5) is 0.280. The molecule has 0 radical (unpaired) electrons. The lowest BCUT2D eigenvalue weighted by Crippen LogP contribution is -2.28. The third kappa shape index (κ3) is 4.88. The van der Waals surface area contributed by atoms with Gasteiger partial charge in [0.25, 0.3) is 0 Å². The van der Waals surface area contributed by atoms with Gasteiger partial charge in [-0.25, -0.2) is 13.1 Å². The maximum absolute atomic E-state index is 12.3. The zero-order valence-corrected chi connectivity index (χ0v) is 13.6. The summed E-state index contributed by atoms with van der Waals surface area (Å²) in [5, 5.41) is 10.0. The van der Waals surface area contributed by atoms with Crippen molar-refractivity contribution in [2.75, 3.05) is 6.54 Å². The van der Waals surface area contributed by atoms with Gasteiger partial charge in [-0.05, 0) is 13.3 Å². The topological polar surface area (TPSA) is 86.9 Å². The van der Waals surface area contributed by atoms with Crippen molar-refractivity contribution in [3.63, 3.8) is 0 Å². The van der Waals surface area contributed by atoms with E-state index in [1.54, 1.807) is 6.92 Å². The number of rotatable bonds is 9. The van der Waals surface area contributed by atoms with Crippen molar-refractivity contribution in [1.29, 1.82) is 0 Å². The van der Waals surface area contributed by atoms with E-state index in [1.807, 2.05) is 13.8 Å². The third-order valence-electron chi connectivity index (χ3n) is 2.98. The Balaban J connectivity index is 2.79. The lowest BCUT2D eigenvalue weighted by molar-refractivity contribution is 0.561. The quantitative estimate of drug-likeness (QED) is 0.606. The molecule has 0 aliphatic rings. The predicted molar refractivity (Wildman–Crippen MR) is 80.0 cm³/mol. The minimum absolute atomic E-state index is 0.278. The fraction of sp³-hybridized carbons (Fsp3) is 0.769. The molecule has 7 heteroatoms. The van der Waals surface area contributed by atoms with Gasteiger partial charge >= 0.3 is 0 Å². The Morgan fingerprint density at radius 2 is 2.00 bits per heavy atom. The van der Waals surface area contributed by atoms with Gasteiger partial charge in [0.2, 0.25) is 10.0 Å². The monoisotopic (exact) mass is 302 g/mol. The first-order valence-corrected chi connectivity index (χ1v) is 8.63. The normalized spacial score (nSPS) is 12.2. The summed E-state index contributed by atoms with van der Waals surface area (Å²) in [6.45, 7) is 8.75. The largest absolute Gasteiger partial charge is 0.309 e. The van der Waals surface area contributed by atoms with Gasteiger partial charge < -0.3 is 5.32 Å². The summed E-state index contributed by atoms with van der Waals surface area (Å²) in [7, 11) is -3.49. The molecule has 0 saturated carbocycles. The van der Waals surface area contributed by atoms with Crippen LogP contribution in [0.5, 0.6) is 0 Å². The summed E-state index contributed by atoms with van der Waals surface area (Å²) in [6.07, 6.45) is 2.94. The second-order valence-corrected chi connectivity index (χ2v) is 6.97. The minimum atomic E-state index is -3.49. The summed E-state index contributed by atoms with van der Waals surface area (Å²) in [6, 6.07) is 0.278. The van der Waals surface area contributed by atoms with Crippen LogP contribution in [-0.4, -0.2) is 31.2 Å². The van der Waals surface area contributed by atoms with Gasteiger partial charge in [0.1, 0.15) is 4.90 Å². The number of H-pyrrole nitrogens is 1. The molecule has 0 aliphatic carbocycles. The van der Waals surface area contributed by atoms with E-state index in [4.69, 9.17) is 0 Å². The van der Waals surface area contributed by atoms with Crippen LogP contribution in [0, 0.1) is 6.92 Å². The fourth-order valence-corrected chi connectivity index (χ4v) is 3.33. The number of aromatic nitrogens is 2. The number of hydrogen-bond acceptors (Lipinski definition) is 4. The lowest BCUT2D eigenvalue weighted by atomic mass is 10.3. The molecule has 1 aromatic rings. The van der Waals surface area contributed by atoms with Crippen molar-refractivity contribution in [3.8, 4) is 0 Å². The van der Waals surface area contributed by atoms with Gasteiger partial charge in [-0.15, -0.1) is 0 Å². The maximum atomic E-state index is 12.3. The molecule has 116 valence electrons. The van der Waals surface area contributed by atoms with Crippen LogP contribution in [0.3, 0.4) is 0 Å². The zero-order valence-electron chi connectivity index (χ0n) is 12.8. The summed E-state index contributed by atoms with van der Waals surface area (Å²) < 4.78 is 27.3. The van der Waals surface area contributed by atoms with Gasteiger partial charge in [-0.1, -0.05) is 33.6 Å². The van der Waals surface area contributed by atoms with Crippen LogP contribution in [0.15, 0.2) is 4.90 Å². The first-order chi connectivity index (χ1) is 9.38. The number of aryl methyl sites for hydroxylation is 1. The van der Waals surface area contributed by atoms with Crippen LogP contribution < -0.4 is 10.0 Å². The highest BCUT2D eigenvalue weighted by Crippen LogP contribution is 2.17. The molecule has 3 N–H and O–H groups in total. The number of nitrogens with zero attached hydrogens (tertiary/aromatic N) is 1. The molecule has 0 aliphatic heterocycles. The number of nitrogens with one attached hydrogen (secondary N) is 3. The second-order valence-electron chi connectivity index (χ2n) is 5.26. The van der Waals surface area contributed by atoms with E-state index < -0.39 is 10.0 Å². The number of aromatic amines is 1. The van der Waals surface area contributed by atoms with Crippen LogP contribution in [0.25, 0.3) is 0 Å². The van der Waals surface area contributed by atoms with Gasteiger partial charge in [0.05, 0.1) is 11.4 Å². The van der Waals surface area contributed by atoms with Crippen LogP contribution >= 0.6 is 0 Å². The Bertz CT molecular complexity index is 508. The molecule has 0 spiro atoms. The molecule has 0 amide bonds. The summed E-state index contributed by atoms with van der Waals surface area (Å²) in [5.74, 6) is 0. The molecule has 0 saturated heterocycles. The Kier molecular flexibility index (Phi) is 6.64. The number of unbranched alkanes of at least 4 members (excludes halogenated alkanes) is 2. The van der Waals surface area contributed by atoms with Gasteiger partial charge in [-0.2, -0.15) is 5.10 Å². The molecule has 0 fully saturated rings. The standard InChI is InChI=1S/C13H26N4O2S/c1-5-6-7-8-15-20(18,19)13-11(4)16-17-12(13)9-14-10(2)3/h10,14-15H,5-9H2,1-4H3,(H,16,17). The zero-order chi connectivity index (χ0) is 15.2. The average molecular weight is 302 g/mol. The molecule has 0 aromatic carbocycles. The highest BCUT2D eigenvalue weighted by Gasteiger charge is 2.23. The molecule has 1 heterocycles. The Labute approximate surface area is 121 Å². The maximum Gasteiger partial charge on any atom is 0.244 e. The minimum Gasteiger partial charge on any atom is -0.309 e. The second kappa shape index (κ2) is 7.75. The Morgan fingerprint density at radius 1 is 1.30 bits per heavy atom. The highest BCUT2D eigenvalue weighted by atomic mass is 32.2. The van der Waals surface area contributed by atoms with Crippen molar-refractivity contribution < 1.29 is 8.42 Å². The lowest BCUT2D eigenvalue weighted by Gasteiger charge is -2.10. The summed E-state index contributed by atoms with van der Waals surface area (Å²) >= 11 is 0. The molecule has 0 bridgehead atoms. The molecule has 6 nitrogen and oxygen atoms in total. The van der Waals surface area contributed by atoms with Gasteiger partial charge in [0.15, 0.2) is 0 Å². The molecular formula is C13H26N4O2S. The first kappa shape index (κ1) is 17.1. The molecular weight excluding hydrogens is 276 g/mol. The Morgan fingerprint density at radius 3 is 2.60 bits per heavy atom. The van der Waals surface area contributed by atoms with E-state index >= 15 is 0 Å². The SMILES string of the molecule is CCCCCNS(=O)(=O)c1c(CNC(C)C)n[nH]c1C. The van der Waals surface area contributed by atoms with Crippen molar-refractivity contribution in [3.05, 3.63) is 11.4 Å². The van der Waals surface area contributed by atoms with Crippen molar-refractivity contribution in [2.24, 2.45) is 0 Å². The van der Waals surface area contributed by atoms with Crippen molar-refractivity contribution >= 4 is 10.0 Å². The highest BCUT2D eigenvalue weighted by molar-refractivity contribution is 7.89. The smallest absolute Gasteiger partial charge is 0.244 e. The van der Waals surface area contributed by atoms with E-state index in [9.17, 15) is 8.42 Å². The Hall–Kier alpha value is -0.920. The predicted octanol–water partition coefficient (Wildman–Crippen LogP) is 1.68. The molecule has 20 heavy (non-hydrogen) atoms. The number of hydrogen-bond donors (Lipinski definition) is 3. The third-order valence-corrected chi connectivity index (χ3v) is 4.64. The van der Waals surface area contributed by atoms with Gasteiger partial charge in [0, 0.05) is 19.1 Å². The summed E-state index contributed by atoms with van der Waals surface area (Å²) in [5.41, 5.74) is 1.12. The van der Waals surface area contributed by atoms with Crippen LogP contribution in [0.2, 0.25) is 0 Å². The average Bonchev–Trinajstić information content (AvgIpc) is 2.74. The number of sulfonamides is 1.